The first-order valence-corrected chi connectivity index (χ1v) is 6.10. The molecule has 0 N–H and O–H groups in total. The van der Waals surface area contributed by atoms with Gasteiger partial charge in [-0.15, -0.1) is 0 Å². The van der Waals surface area contributed by atoms with Crippen molar-refractivity contribution in [1.29, 1.82) is 0 Å². The molecule has 17 heavy (non-hydrogen) atoms. The summed E-state index contributed by atoms with van der Waals surface area (Å²) in [6.45, 7) is 6.31. The summed E-state index contributed by atoms with van der Waals surface area (Å²) in [5, 5.41) is 0. The minimum atomic E-state index is 0.187. The summed E-state index contributed by atoms with van der Waals surface area (Å²) in [5.74, 6) is 0. The normalized spacial score (nSPS) is 12.9. The maximum absolute atomic E-state index is 5.41. The van der Waals surface area contributed by atoms with Crippen LogP contribution in [0.25, 0.3) is 0 Å². The Morgan fingerprint density at radius 1 is 0.765 bits per heavy atom. The maximum atomic E-state index is 5.41. The molecule has 0 aliphatic carbocycles. The van der Waals surface area contributed by atoms with Gasteiger partial charge in [0.25, 0.3) is 0 Å². The summed E-state index contributed by atoms with van der Waals surface area (Å²) in [6.07, 6.45) is 1.15. The molecule has 1 unspecified atom stereocenters. The predicted molar refractivity (Wildman–Crippen MR) is 65.4 cm³/mol. The van der Waals surface area contributed by atoms with Gasteiger partial charge in [0.15, 0.2) is 0 Å². The van der Waals surface area contributed by atoms with Crippen LogP contribution in [0.4, 0.5) is 0 Å². The number of methoxy groups -OCH3 is 2. The van der Waals surface area contributed by atoms with E-state index in [1.165, 1.54) is 0 Å². The molecule has 0 aromatic heterocycles. The molecule has 0 aliphatic heterocycles. The van der Waals surface area contributed by atoms with Crippen LogP contribution in [-0.4, -0.2) is 66.6 Å². The Hall–Kier alpha value is -0.200. The summed E-state index contributed by atoms with van der Waals surface area (Å²) in [5.41, 5.74) is 0. The molecule has 0 aliphatic rings. The smallest absolute Gasteiger partial charge is 0.0802 e. The van der Waals surface area contributed by atoms with Crippen molar-refractivity contribution in [1.82, 2.24) is 0 Å². The lowest BCUT2D eigenvalue weighted by Crippen LogP contribution is -2.19. The summed E-state index contributed by atoms with van der Waals surface area (Å²) in [4.78, 5) is 0. The number of rotatable bonds is 13. The minimum absolute atomic E-state index is 0.187. The summed E-state index contributed by atoms with van der Waals surface area (Å²) >= 11 is 0. The lowest BCUT2D eigenvalue weighted by atomic mass is 10.3. The standard InChI is InChI=1S/C12H26O5/c1-4-12(14-3)11-17-10-9-16-8-7-15-6-5-13-2/h12H,4-11H2,1-3H3. The maximum Gasteiger partial charge on any atom is 0.0802 e. The molecule has 0 saturated heterocycles. The van der Waals surface area contributed by atoms with Crippen LogP contribution in [0.1, 0.15) is 13.3 Å². The third kappa shape index (κ3) is 12.1. The quantitative estimate of drug-likeness (QED) is 0.458. The summed E-state index contributed by atoms with van der Waals surface area (Å²) in [7, 11) is 3.35. The van der Waals surface area contributed by atoms with Crippen LogP contribution < -0.4 is 0 Å². The average Bonchev–Trinajstić information content (AvgIpc) is 2.36. The van der Waals surface area contributed by atoms with Crippen molar-refractivity contribution in [3.63, 3.8) is 0 Å². The molecule has 0 radical (unpaired) electrons. The molecular formula is C12H26O5. The zero-order valence-corrected chi connectivity index (χ0v) is 11.3. The monoisotopic (exact) mass is 250 g/mol. The van der Waals surface area contributed by atoms with E-state index in [0.29, 0.717) is 46.2 Å². The Morgan fingerprint density at radius 2 is 1.29 bits per heavy atom. The van der Waals surface area contributed by atoms with Gasteiger partial charge in [-0.25, -0.2) is 0 Å². The van der Waals surface area contributed by atoms with Crippen LogP contribution in [0.3, 0.4) is 0 Å². The fraction of sp³-hybridized carbons (Fsp3) is 1.00. The lowest BCUT2D eigenvalue weighted by molar-refractivity contribution is -0.0252. The molecule has 0 fully saturated rings. The second-order valence-electron chi connectivity index (χ2n) is 3.56. The van der Waals surface area contributed by atoms with Crippen molar-refractivity contribution in [3.05, 3.63) is 0 Å². The first kappa shape index (κ1) is 16.8. The van der Waals surface area contributed by atoms with Crippen LogP contribution in [0.2, 0.25) is 0 Å². The van der Waals surface area contributed by atoms with Crippen LogP contribution in [0.5, 0.6) is 0 Å². The molecule has 5 heteroatoms. The van der Waals surface area contributed by atoms with E-state index in [4.69, 9.17) is 23.7 Å². The van der Waals surface area contributed by atoms with Gasteiger partial charge in [0.1, 0.15) is 0 Å². The van der Waals surface area contributed by atoms with Gasteiger partial charge < -0.3 is 23.7 Å². The molecule has 0 rings (SSSR count). The van der Waals surface area contributed by atoms with Gasteiger partial charge in [0.05, 0.1) is 52.4 Å². The molecule has 1 atom stereocenters. The fourth-order valence-electron chi connectivity index (χ4n) is 1.15. The van der Waals surface area contributed by atoms with Crippen molar-refractivity contribution in [2.24, 2.45) is 0 Å². The van der Waals surface area contributed by atoms with E-state index >= 15 is 0 Å². The Bertz CT molecular complexity index is 139. The topological polar surface area (TPSA) is 46.2 Å². The van der Waals surface area contributed by atoms with E-state index in [1.807, 2.05) is 0 Å². The van der Waals surface area contributed by atoms with Crippen LogP contribution in [-0.2, 0) is 23.7 Å². The Morgan fingerprint density at radius 3 is 1.76 bits per heavy atom. The highest BCUT2D eigenvalue weighted by atomic mass is 16.6. The van der Waals surface area contributed by atoms with Gasteiger partial charge in [0, 0.05) is 14.2 Å². The second-order valence-corrected chi connectivity index (χ2v) is 3.56. The van der Waals surface area contributed by atoms with Gasteiger partial charge in [-0.1, -0.05) is 6.92 Å². The first-order chi connectivity index (χ1) is 8.35. The third-order valence-corrected chi connectivity index (χ3v) is 2.27. The van der Waals surface area contributed by atoms with Gasteiger partial charge >= 0.3 is 0 Å². The van der Waals surface area contributed by atoms with E-state index in [9.17, 15) is 0 Å². The second kappa shape index (κ2) is 13.9. The van der Waals surface area contributed by atoms with Gasteiger partial charge in [-0.3, -0.25) is 0 Å². The summed E-state index contributed by atoms with van der Waals surface area (Å²) in [6, 6.07) is 0. The zero-order valence-electron chi connectivity index (χ0n) is 11.3. The van der Waals surface area contributed by atoms with E-state index in [2.05, 4.69) is 6.92 Å². The van der Waals surface area contributed by atoms with Crippen molar-refractivity contribution in [2.75, 3.05) is 60.5 Å². The lowest BCUT2D eigenvalue weighted by Gasteiger charge is -2.13. The Labute approximate surface area is 104 Å². The van der Waals surface area contributed by atoms with Crippen LogP contribution >= 0.6 is 0 Å². The molecule has 0 aromatic carbocycles. The van der Waals surface area contributed by atoms with E-state index < -0.39 is 0 Å². The Kier molecular flexibility index (Phi) is 13.7. The Balaban J connectivity index is 3.03. The van der Waals surface area contributed by atoms with Crippen molar-refractivity contribution in [3.8, 4) is 0 Å². The van der Waals surface area contributed by atoms with E-state index in [-0.39, 0.29) is 6.10 Å². The first-order valence-electron chi connectivity index (χ1n) is 6.10. The third-order valence-electron chi connectivity index (χ3n) is 2.27. The number of hydrogen-bond acceptors (Lipinski definition) is 5. The SMILES string of the molecule is CCC(COCCOCCOCCOC)OC. The highest BCUT2D eigenvalue weighted by Crippen LogP contribution is 1.96. The number of ether oxygens (including phenoxy) is 5. The average molecular weight is 250 g/mol. The highest BCUT2D eigenvalue weighted by molar-refractivity contribution is 4.51. The van der Waals surface area contributed by atoms with E-state index in [1.54, 1.807) is 14.2 Å². The van der Waals surface area contributed by atoms with E-state index in [0.717, 1.165) is 6.42 Å². The molecule has 0 saturated carbocycles. The van der Waals surface area contributed by atoms with Crippen molar-refractivity contribution >= 4 is 0 Å². The molecule has 5 nitrogen and oxygen atoms in total. The molecule has 0 bridgehead atoms. The molecular weight excluding hydrogens is 224 g/mol. The predicted octanol–water partition coefficient (Wildman–Crippen LogP) is 1.11. The van der Waals surface area contributed by atoms with Crippen LogP contribution in [0, 0.1) is 0 Å². The number of hydrogen-bond donors (Lipinski definition) is 0. The molecule has 104 valence electrons. The summed E-state index contributed by atoms with van der Waals surface area (Å²) < 4.78 is 26.0. The van der Waals surface area contributed by atoms with Gasteiger partial charge in [0.2, 0.25) is 0 Å². The fourth-order valence-corrected chi connectivity index (χ4v) is 1.15. The van der Waals surface area contributed by atoms with Gasteiger partial charge in [-0.05, 0) is 6.42 Å². The largest absolute Gasteiger partial charge is 0.382 e. The molecule has 0 amide bonds. The zero-order chi connectivity index (χ0) is 12.8. The minimum Gasteiger partial charge on any atom is -0.382 e. The van der Waals surface area contributed by atoms with Crippen molar-refractivity contribution < 1.29 is 23.7 Å². The van der Waals surface area contributed by atoms with Crippen LogP contribution in [0.15, 0.2) is 0 Å². The highest BCUT2D eigenvalue weighted by Gasteiger charge is 2.02. The molecule has 0 spiro atoms. The molecule has 0 aromatic rings. The molecule has 0 heterocycles. The van der Waals surface area contributed by atoms with Crippen molar-refractivity contribution in [2.45, 2.75) is 19.4 Å². The van der Waals surface area contributed by atoms with Gasteiger partial charge in [-0.2, -0.15) is 0 Å².